The lowest BCUT2D eigenvalue weighted by atomic mass is 10.1. The molecule has 4 aromatic rings. The molecule has 1 aliphatic heterocycles. The maximum absolute atomic E-state index is 12.8. The fourth-order valence-corrected chi connectivity index (χ4v) is 5.76. The first kappa shape index (κ1) is 25.1. The third-order valence-electron chi connectivity index (χ3n) is 6.11. The molecule has 38 heavy (non-hydrogen) atoms. The summed E-state index contributed by atoms with van der Waals surface area (Å²) in [5.74, 6) is -0.190. The second-order valence-electron chi connectivity index (χ2n) is 8.70. The number of anilines is 2. The molecule has 0 atom stereocenters. The molecule has 0 saturated carbocycles. The van der Waals surface area contributed by atoms with Crippen LogP contribution in [0.3, 0.4) is 0 Å². The molecular weight excluding hydrogens is 506 g/mol. The van der Waals surface area contributed by atoms with Crippen molar-refractivity contribution in [1.29, 1.82) is 0 Å². The molecular formula is C27H25N5O5S. The Labute approximate surface area is 220 Å². The van der Waals surface area contributed by atoms with Gasteiger partial charge in [0.2, 0.25) is 0 Å². The summed E-state index contributed by atoms with van der Waals surface area (Å²) >= 11 is 0. The van der Waals surface area contributed by atoms with Gasteiger partial charge >= 0.3 is 6.09 Å². The van der Waals surface area contributed by atoms with Crippen LogP contribution in [0.5, 0.6) is 0 Å². The van der Waals surface area contributed by atoms with Gasteiger partial charge in [0.05, 0.1) is 33.9 Å². The van der Waals surface area contributed by atoms with E-state index in [1.165, 1.54) is 0 Å². The maximum atomic E-state index is 12.8. The first-order chi connectivity index (χ1) is 18.2. The van der Waals surface area contributed by atoms with Crippen LogP contribution in [0.1, 0.15) is 21.5 Å². The molecule has 3 aromatic carbocycles. The van der Waals surface area contributed by atoms with Crippen LogP contribution < -0.4 is 11.1 Å². The van der Waals surface area contributed by atoms with Crippen LogP contribution >= 0.6 is 10.6 Å². The summed E-state index contributed by atoms with van der Waals surface area (Å²) in [4.78, 5) is 26.5. The SMILES string of the molecule is Nc1cn(-c2ccccc2)nc1NC(=O)c1ccc(CN(CC2=Cc3ccccc3S2(O)O)C(=O)O)cc1. The van der Waals surface area contributed by atoms with Crippen LogP contribution in [0.4, 0.5) is 16.3 Å². The van der Waals surface area contributed by atoms with Crippen molar-refractivity contribution < 1.29 is 23.8 Å². The Bertz CT molecular complexity index is 1530. The van der Waals surface area contributed by atoms with Gasteiger partial charge in [-0.15, -0.1) is 15.7 Å². The number of nitrogen functional groups attached to an aromatic ring is 1. The number of carbonyl (C=O) groups is 2. The van der Waals surface area contributed by atoms with Crippen molar-refractivity contribution in [2.45, 2.75) is 11.4 Å². The highest BCUT2D eigenvalue weighted by molar-refractivity contribution is 8.28. The van der Waals surface area contributed by atoms with E-state index >= 15 is 0 Å². The van der Waals surface area contributed by atoms with Crippen LogP contribution in [-0.2, 0) is 6.54 Å². The lowest BCUT2D eigenvalue weighted by Crippen LogP contribution is -2.31. The maximum Gasteiger partial charge on any atom is 0.407 e. The number of para-hydroxylation sites is 1. The molecule has 0 fully saturated rings. The van der Waals surface area contributed by atoms with Gasteiger partial charge < -0.3 is 16.2 Å². The number of hydrogen-bond acceptors (Lipinski definition) is 6. The predicted octanol–water partition coefficient (Wildman–Crippen LogP) is 5.35. The Hall–Kier alpha value is -4.58. The number of nitrogens with one attached hydrogen (secondary N) is 1. The third-order valence-corrected chi connectivity index (χ3v) is 8.07. The second-order valence-corrected chi connectivity index (χ2v) is 10.8. The molecule has 1 aliphatic rings. The zero-order valence-corrected chi connectivity index (χ0v) is 20.9. The van der Waals surface area contributed by atoms with Crippen molar-refractivity contribution in [2.75, 3.05) is 17.6 Å². The van der Waals surface area contributed by atoms with Crippen LogP contribution in [-0.4, -0.2) is 47.4 Å². The molecule has 0 bridgehead atoms. The number of rotatable bonds is 7. The minimum atomic E-state index is -3.25. The number of amides is 2. The van der Waals surface area contributed by atoms with E-state index in [0.29, 0.717) is 27.3 Å². The number of carboxylic acid groups (broad SMARTS) is 1. The summed E-state index contributed by atoms with van der Waals surface area (Å²) in [6.07, 6.45) is 2.03. The van der Waals surface area contributed by atoms with Gasteiger partial charge in [0, 0.05) is 12.1 Å². The molecule has 0 unspecified atom stereocenters. The highest BCUT2D eigenvalue weighted by Gasteiger charge is 2.32. The highest BCUT2D eigenvalue weighted by atomic mass is 32.3. The Balaban J connectivity index is 1.26. The van der Waals surface area contributed by atoms with E-state index in [4.69, 9.17) is 5.73 Å². The average molecular weight is 532 g/mol. The van der Waals surface area contributed by atoms with Gasteiger partial charge in [0.15, 0.2) is 5.82 Å². The van der Waals surface area contributed by atoms with E-state index in [0.717, 1.165) is 10.6 Å². The molecule has 0 radical (unpaired) electrons. The van der Waals surface area contributed by atoms with Crippen LogP contribution in [0.2, 0.25) is 0 Å². The number of nitrogens with zero attached hydrogens (tertiary/aromatic N) is 3. The second kappa shape index (κ2) is 10.1. The molecule has 10 nitrogen and oxygen atoms in total. The molecule has 2 amide bonds. The van der Waals surface area contributed by atoms with Gasteiger partial charge in [-0.25, -0.2) is 9.48 Å². The van der Waals surface area contributed by atoms with E-state index in [-0.39, 0.29) is 23.8 Å². The molecule has 2 heterocycles. The van der Waals surface area contributed by atoms with Crippen LogP contribution in [0, 0.1) is 0 Å². The topological polar surface area (TPSA) is 154 Å². The monoisotopic (exact) mass is 531 g/mol. The Morgan fingerprint density at radius 1 is 0.947 bits per heavy atom. The molecule has 0 aliphatic carbocycles. The summed E-state index contributed by atoms with van der Waals surface area (Å²) in [7, 11) is -3.25. The standard InChI is InChI=1S/C27H25N5O5S/c28-23-17-32(21-7-2-1-3-8-21)30-25(23)29-26(33)19-12-10-18(11-13-19)15-31(27(34)35)16-22-14-20-6-4-5-9-24(20)38(22,36)37/h1-14,17,36-37H,15-16,28H2,(H,34,35)(H,29,30,33). The molecule has 1 aromatic heterocycles. The quantitative estimate of drug-likeness (QED) is 0.215. The van der Waals surface area contributed by atoms with Crippen molar-refractivity contribution in [3.8, 4) is 5.69 Å². The fourth-order valence-electron chi connectivity index (χ4n) is 4.13. The first-order valence-electron chi connectivity index (χ1n) is 11.6. The van der Waals surface area contributed by atoms with E-state index in [1.54, 1.807) is 65.5 Å². The van der Waals surface area contributed by atoms with Gasteiger partial charge in [-0.1, -0.05) is 48.5 Å². The van der Waals surface area contributed by atoms with Gasteiger partial charge in [0.1, 0.15) is 0 Å². The van der Waals surface area contributed by atoms with Crippen molar-refractivity contribution in [3.05, 3.63) is 107 Å². The van der Waals surface area contributed by atoms with Crippen molar-refractivity contribution in [2.24, 2.45) is 0 Å². The molecule has 11 heteroatoms. The minimum absolute atomic E-state index is 0.00509. The van der Waals surface area contributed by atoms with Crippen LogP contribution in [0.15, 0.2) is 94.9 Å². The number of hydrogen-bond donors (Lipinski definition) is 5. The Morgan fingerprint density at radius 2 is 1.63 bits per heavy atom. The molecule has 194 valence electrons. The van der Waals surface area contributed by atoms with Gasteiger partial charge in [-0.3, -0.25) is 18.8 Å². The van der Waals surface area contributed by atoms with Crippen molar-refractivity contribution in [1.82, 2.24) is 14.7 Å². The summed E-state index contributed by atoms with van der Waals surface area (Å²) in [5, 5.41) is 16.8. The van der Waals surface area contributed by atoms with Crippen LogP contribution in [0.25, 0.3) is 11.8 Å². The number of nitrogens with two attached hydrogens (primary N) is 1. The largest absolute Gasteiger partial charge is 0.465 e. The lowest BCUT2D eigenvalue weighted by Gasteiger charge is -2.33. The van der Waals surface area contributed by atoms with E-state index in [2.05, 4.69) is 10.4 Å². The number of aromatic nitrogens is 2. The smallest absolute Gasteiger partial charge is 0.407 e. The summed E-state index contributed by atoms with van der Waals surface area (Å²) < 4.78 is 23.0. The number of benzene rings is 3. The minimum Gasteiger partial charge on any atom is -0.465 e. The molecule has 0 spiro atoms. The third kappa shape index (κ3) is 4.98. The van der Waals surface area contributed by atoms with E-state index in [9.17, 15) is 23.8 Å². The number of fused-ring (bicyclic) bond motifs is 1. The Kier molecular flexibility index (Phi) is 6.64. The fraction of sp³-hybridized carbons (Fsp3) is 0.0741. The zero-order chi connectivity index (χ0) is 26.9. The zero-order valence-electron chi connectivity index (χ0n) is 20.1. The van der Waals surface area contributed by atoms with E-state index in [1.807, 2.05) is 30.3 Å². The van der Waals surface area contributed by atoms with Gasteiger partial charge in [0.25, 0.3) is 5.91 Å². The molecule has 0 saturated heterocycles. The summed E-state index contributed by atoms with van der Waals surface area (Å²) in [5.41, 5.74) is 8.77. The normalized spacial score (nSPS) is 14.3. The first-order valence-corrected chi connectivity index (χ1v) is 13.1. The molecule has 5 rings (SSSR count). The van der Waals surface area contributed by atoms with Crippen molar-refractivity contribution >= 4 is 40.2 Å². The average Bonchev–Trinajstić information content (AvgIpc) is 3.40. The van der Waals surface area contributed by atoms with Crippen molar-refractivity contribution in [3.63, 3.8) is 0 Å². The van der Waals surface area contributed by atoms with Gasteiger partial charge in [-0.2, -0.15) is 0 Å². The summed E-state index contributed by atoms with van der Waals surface area (Å²) in [6.45, 7) is -0.174. The van der Waals surface area contributed by atoms with E-state index < -0.39 is 22.6 Å². The molecule has 6 N–H and O–H groups in total. The summed E-state index contributed by atoms with van der Waals surface area (Å²) in [6, 6.07) is 22.7. The number of carbonyl (C=O) groups excluding carboxylic acids is 1. The Morgan fingerprint density at radius 3 is 2.32 bits per heavy atom. The lowest BCUT2D eigenvalue weighted by molar-refractivity contribution is 0.102. The van der Waals surface area contributed by atoms with Gasteiger partial charge in [-0.05, 0) is 47.5 Å². The highest BCUT2D eigenvalue weighted by Crippen LogP contribution is 2.61. The predicted molar refractivity (Wildman–Crippen MR) is 146 cm³/mol.